The highest BCUT2D eigenvalue weighted by atomic mass is 16.9. The predicted molar refractivity (Wildman–Crippen MR) is 47.2 cm³/mol. The molecule has 0 saturated heterocycles. The summed E-state index contributed by atoms with van der Waals surface area (Å²) in [6, 6.07) is 0. The molecule has 0 aliphatic rings. The largest absolute Gasteiger partial charge is 0.395 e. The second-order valence-electron chi connectivity index (χ2n) is 1.65. The molecular formula is C4H14N4O7. The quantitative estimate of drug-likeness (QED) is 0.338. The van der Waals surface area contributed by atoms with Gasteiger partial charge in [0, 0.05) is 6.54 Å². The van der Waals surface area contributed by atoms with Crippen molar-refractivity contribution in [1.29, 1.82) is 0 Å². The second-order valence-corrected chi connectivity index (χ2v) is 1.65. The first kappa shape index (κ1) is 18.9. The molecule has 0 aromatic heterocycles. The van der Waals surface area contributed by atoms with Crippen molar-refractivity contribution in [3.8, 4) is 0 Å². The van der Waals surface area contributed by atoms with Gasteiger partial charge in [-0.1, -0.05) is 0 Å². The van der Waals surface area contributed by atoms with Crippen LogP contribution in [-0.4, -0.2) is 41.6 Å². The highest BCUT2D eigenvalue weighted by Crippen LogP contribution is 1.67. The summed E-state index contributed by atoms with van der Waals surface area (Å²) in [6.07, 6.45) is 0. The molecule has 11 heteroatoms. The molecule has 0 spiro atoms. The molecule has 0 atom stereocenters. The summed E-state index contributed by atoms with van der Waals surface area (Å²) in [6.45, 7) is 0.994. The lowest BCUT2D eigenvalue weighted by Crippen LogP contribution is -2.52. The number of hydrogen-bond acceptors (Lipinski definition) is 8. The van der Waals surface area contributed by atoms with Gasteiger partial charge in [0.25, 0.3) is 5.09 Å². The van der Waals surface area contributed by atoms with Gasteiger partial charge < -0.3 is 36.7 Å². The van der Waals surface area contributed by atoms with Gasteiger partial charge in [0.2, 0.25) is 0 Å². The number of aliphatic hydroxyl groups excluding tert-OH is 1. The van der Waals surface area contributed by atoms with E-state index in [0.717, 1.165) is 0 Å². The molecule has 92 valence electrons. The third-order valence-electron chi connectivity index (χ3n) is 0.470. The molecule has 0 radical (unpaired) electrons. The zero-order valence-corrected chi connectivity index (χ0v) is 7.90. The molecule has 0 heterocycles. The topological polar surface area (TPSA) is 192 Å². The Morgan fingerprint density at radius 1 is 1.33 bits per heavy atom. The summed E-state index contributed by atoms with van der Waals surface area (Å²) in [5.41, 5.74) is 8.11. The van der Waals surface area contributed by atoms with Gasteiger partial charge in [-0.15, -0.1) is 10.1 Å². The first-order valence-corrected chi connectivity index (χ1v) is 3.61. The minimum atomic E-state index is -1.75. The molecule has 0 fully saturated rings. The molecule has 0 amide bonds. The number of nitrogens with two attached hydrogens (primary N) is 1. The van der Waals surface area contributed by atoms with Gasteiger partial charge in [-0.05, 0) is 0 Å². The normalized spacial score (nSPS) is 7.40. The lowest BCUT2D eigenvalue weighted by molar-refractivity contribution is -0.761. The fourth-order valence-electron chi connectivity index (χ4n) is 0.139. The van der Waals surface area contributed by atoms with Crippen LogP contribution in [0.1, 0.15) is 0 Å². The monoisotopic (exact) mass is 230 g/mol. The van der Waals surface area contributed by atoms with Gasteiger partial charge >= 0.3 is 0 Å². The van der Waals surface area contributed by atoms with Crippen LogP contribution in [-0.2, 0) is 4.84 Å². The Kier molecular flexibility index (Phi) is 22.9. The summed E-state index contributed by atoms with van der Waals surface area (Å²) in [7, 11) is 0. The summed E-state index contributed by atoms with van der Waals surface area (Å²) in [5.74, 6) is 0. The molecule has 15 heavy (non-hydrogen) atoms. The van der Waals surface area contributed by atoms with E-state index < -0.39 is 10.2 Å². The van der Waals surface area contributed by atoms with Crippen LogP contribution < -0.4 is 11.5 Å². The van der Waals surface area contributed by atoms with Gasteiger partial charge in [0.1, 0.15) is 6.61 Å². The van der Waals surface area contributed by atoms with E-state index in [9.17, 15) is 10.1 Å². The van der Waals surface area contributed by atoms with Crippen LogP contribution >= 0.6 is 0 Å². The van der Waals surface area contributed by atoms with Gasteiger partial charge in [-0.3, -0.25) is 0 Å². The van der Waals surface area contributed by atoms with E-state index in [1.165, 1.54) is 0 Å². The Labute approximate surface area is 84.4 Å². The molecule has 0 aromatic rings. The third-order valence-corrected chi connectivity index (χ3v) is 0.470. The number of nitrogens with zero attached hydrogens (tertiary/aromatic N) is 2. The SMILES string of the molecule is NCCO.O=[N+]([O-])[O-].[NH3+]CCO[N+](=O)[O-]. The van der Waals surface area contributed by atoms with Gasteiger partial charge in [-0.2, -0.15) is 0 Å². The van der Waals surface area contributed by atoms with Gasteiger partial charge in [0.05, 0.1) is 18.2 Å². The molecule has 0 aliphatic heterocycles. The smallest absolute Gasteiger partial charge is 0.294 e. The number of aliphatic hydroxyl groups is 1. The van der Waals surface area contributed by atoms with Gasteiger partial charge in [0.15, 0.2) is 0 Å². The Morgan fingerprint density at radius 2 is 1.67 bits per heavy atom. The minimum Gasteiger partial charge on any atom is -0.395 e. The van der Waals surface area contributed by atoms with Crippen LogP contribution in [0, 0.1) is 25.4 Å². The van der Waals surface area contributed by atoms with Crippen molar-refractivity contribution >= 4 is 0 Å². The third kappa shape index (κ3) is 121. The van der Waals surface area contributed by atoms with E-state index >= 15 is 0 Å². The molecular weight excluding hydrogens is 216 g/mol. The van der Waals surface area contributed by atoms with Crippen molar-refractivity contribution in [2.75, 3.05) is 26.3 Å². The first-order valence-electron chi connectivity index (χ1n) is 3.61. The number of hydrogen-bond donors (Lipinski definition) is 3. The Balaban J connectivity index is -0.000000155. The van der Waals surface area contributed by atoms with Crippen LogP contribution in [0.3, 0.4) is 0 Å². The van der Waals surface area contributed by atoms with E-state index in [0.29, 0.717) is 13.1 Å². The maximum absolute atomic E-state index is 9.31. The molecule has 0 saturated carbocycles. The molecule has 0 rings (SSSR count). The van der Waals surface area contributed by atoms with Crippen molar-refractivity contribution < 1.29 is 25.9 Å². The van der Waals surface area contributed by atoms with E-state index in [1.807, 2.05) is 0 Å². The van der Waals surface area contributed by atoms with Gasteiger partial charge in [-0.25, -0.2) is 0 Å². The first-order chi connectivity index (χ1) is 6.92. The van der Waals surface area contributed by atoms with Crippen LogP contribution in [0.15, 0.2) is 0 Å². The molecule has 11 nitrogen and oxygen atoms in total. The van der Waals surface area contributed by atoms with Crippen molar-refractivity contribution in [2.24, 2.45) is 5.73 Å². The number of quaternary nitrogens is 1. The number of rotatable bonds is 4. The van der Waals surface area contributed by atoms with Crippen molar-refractivity contribution in [2.45, 2.75) is 0 Å². The minimum absolute atomic E-state index is 0.0903. The summed E-state index contributed by atoms with van der Waals surface area (Å²) in [5, 5.41) is 31.0. The molecule has 0 unspecified atom stereocenters. The highest BCUT2D eigenvalue weighted by molar-refractivity contribution is 4.17. The molecule has 6 N–H and O–H groups in total. The summed E-state index contributed by atoms with van der Waals surface area (Å²) >= 11 is 0. The maximum atomic E-state index is 9.31. The lowest BCUT2D eigenvalue weighted by Gasteiger charge is -1.87. The van der Waals surface area contributed by atoms with Crippen LogP contribution in [0.25, 0.3) is 0 Å². The summed E-state index contributed by atoms with van der Waals surface area (Å²) in [4.78, 5) is 21.4. The average Bonchev–Trinajstić information content (AvgIpc) is 2.14. The Hall–Kier alpha value is -1.72. The average molecular weight is 230 g/mol. The van der Waals surface area contributed by atoms with E-state index in [-0.39, 0.29) is 13.2 Å². The van der Waals surface area contributed by atoms with E-state index in [4.69, 9.17) is 26.2 Å². The Bertz CT molecular complexity index is 148. The zero-order valence-electron chi connectivity index (χ0n) is 7.90. The summed E-state index contributed by atoms with van der Waals surface area (Å²) < 4.78 is 0. The fraction of sp³-hybridized carbons (Fsp3) is 1.00. The zero-order chi connectivity index (χ0) is 12.7. The van der Waals surface area contributed by atoms with Crippen LogP contribution in [0.2, 0.25) is 0 Å². The van der Waals surface area contributed by atoms with E-state index in [2.05, 4.69) is 10.6 Å². The molecule has 0 bridgehead atoms. The van der Waals surface area contributed by atoms with Crippen molar-refractivity contribution in [3.05, 3.63) is 25.4 Å². The fourth-order valence-corrected chi connectivity index (χ4v) is 0.139. The molecule has 0 aromatic carbocycles. The molecule has 0 aliphatic carbocycles. The standard InChI is InChI=1S/C2H6N2O3.C2H7NO.NO3/c3-1-2-7-4(5)6;3-1-2-4;2-1(3)4/h1-3H2;4H,1-3H2;/q;;-1/p+1. The highest BCUT2D eigenvalue weighted by Gasteiger charge is 1.89. The predicted octanol–water partition coefficient (Wildman–Crippen LogP) is -2.87. The Morgan fingerprint density at radius 3 is 1.73 bits per heavy atom. The van der Waals surface area contributed by atoms with Crippen LogP contribution in [0.4, 0.5) is 0 Å². The van der Waals surface area contributed by atoms with Crippen LogP contribution in [0.5, 0.6) is 0 Å². The van der Waals surface area contributed by atoms with Crippen molar-refractivity contribution in [1.82, 2.24) is 0 Å². The lowest BCUT2D eigenvalue weighted by atomic mass is 10.8. The van der Waals surface area contributed by atoms with E-state index in [1.54, 1.807) is 0 Å². The second kappa shape index (κ2) is 18.1. The van der Waals surface area contributed by atoms with Crippen molar-refractivity contribution in [3.63, 3.8) is 0 Å². The maximum Gasteiger partial charge on any atom is 0.294 e.